The Morgan fingerprint density at radius 1 is 1.29 bits per heavy atom. The van der Waals surface area contributed by atoms with Crippen LogP contribution in [-0.4, -0.2) is 14.5 Å². The van der Waals surface area contributed by atoms with Crippen molar-refractivity contribution in [1.82, 2.24) is 14.5 Å². The Labute approximate surface area is 133 Å². The maximum atomic E-state index is 6.31. The molecule has 0 spiro atoms. The van der Waals surface area contributed by atoms with Gasteiger partial charge in [0.2, 0.25) is 0 Å². The molecule has 0 aliphatic rings. The van der Waals surface area contributed by atoms with E-state index in [4.69, 9.17) is 11.6 Å². The first-order valence-electron chi connectivity index (χ1n) is 7.06. The Bertz CT molecular complexity index is 773. The van der Waals surface area contributed by atoms with Crippen molar-refractivity contribution in [1.29, 1.82) is 0 Å². The molecule has 0 N–H and O–H groups in total. The highest BCUT2D eigenvalue weighted by atomic mass is 35.5. The van der Waals surface area contributed by atoms with Crippen molar-refractivity contribution in [3.8, 4) is 0 Å². The maximum Gasteiger partial charge on any atom is 0.127 e. The van der Waals surface area contributed by atoms with Gasteiger partial charge in [-0.15, -0.1) is 22.9 Å². The number of imidazole rings is 1. The van der Waals surface area contributed by atoms with E-state index in [0.717, 1.165) is 40.5 Å². The monoisotopic (exact) mass is 319 g/mol. The number of fused-ring (bicyclic) bond motifs is 1. The minimum absolute atomic E-state index is 0.102. The molecule has 3 aromatic rings. The summed E-state index contributed by atoms with van der Waals surface area (Å²) in [6, 6.07) is 6.33. The van der Waals surface area contributed by atoms with E-state index in [0.29, 0.717) is 0 Å². The highest BCUT2D eigenvalue weighted by Gasteiger charge is 2.15. The Balaban J connectivity index is 1.98. The van der Waals surface area contributed by atoms with Crippen molar-refractivity contribution in [2.24, 2.45) is 0 Å². The average molecular weight is 320 g/mol. The number of nitrogens with zero attached hydrogens (tertiary/aromatic N) is 3. The fraction of sp³-hybridized carbons (Fsp3) is 0.375. The van der Waals surface area contributed by atoms with Crippen LogP contribution in [0.2, 0.25) is 0 Å². The van der Waals surface area contributed by atoms with E-state index in [1.165, 1.54) is 5.56 Å². The molecule has 0 saturated heterocycles. The smallest absolute Gasteiger partial charge is 0.127 e. The van der Waals surface area contributed by atoms with E-state index in [1.807, 2.05) is 13.8 Å². The molecular formula is C16H18ClN3S. The molecule has 1 unspecified atom stereocenters. The third-order valence-corrected chi connectivity index (χ3v) is 4.56. The number of hydrogen-bond acceptors (Lipinski definition) is 3. The van der Waals surface area contributed by atoms with Gasteiger partial charge >= 0.3 is 0 Å². The second kappa shape index (κ2) is 5.78. The predicted molar refractivity (Wildman–Crippen MR) is 89.3 cm³/mol. The molecule has 0 fully saturated rings. The normalized spacial score (nSPS) is 13.0. The van der Waals surface area contributed by atoms with Gasteiger partial charge in [0.05, 0.1) is 27.1 Å². The van der Waals surface area contributed by atoms with Crippen LogP contribution < -0.4 is 0 Å². The molecular weight excluding hydrogens is 302 g/mol. The third kappa shape index (κ3) is 2.97. The van der Waals surface area contributed by atoms with Gasteiger partial charge in [0.1, 0.15) is 5.82 Å². The topological polar surface area (TPSA) is 30.7 Å². The minimum atomic E-state index is -0.102. The number of thiazole rings is 1. The molecule has 3 nitrogen and oxygen atoms in total. The van der Waals surface area contributed by atoms with E-state index in [1.54, 1.807) is 11.3 Å². The molecule has 1 atom stereocenters. The van der Waals surface area contributed by atoms with Crippen LogP contribution in [0, 0.1) is 13.8 Å². The van der Waals surface area contributed by atoms with Crippen LogP contribution in [0.15, 0.2) is 23.6 Å². The fourth-order valence-corrected chi connectivity index (χ4v) is 3.35. The maximum absolute atomic E-state index is 6.31. The Morgan fingerprint density at radius 2 is 2.10 bits per heavy atom. The number of benzene rings is 1. The minimum Gasteiger partial charge on any atom is -0.326 e. The van der Waals surface area contributed by atoms with Crippen molar-refractivity contribution in [3.05, 3.63) is 45.7 Å². The van der Waals surface area contributed by atoms with E-state index >= 15 is 0 Å². The number of alkyl halides is 1. The van der Waals surface area contributed by atoms with Crippen molar-refractivity contribution in [2.75, 3.05) is 0 Å². The lowest BCUT2D eigenvalue weighted by atomic mass is 10.2. The molecule has 0 saturated carbocycles. The summed E-state index contributed by atoms with van der Waals surface area (Å²) >= 11 is 8.00. The van der Waals surface area contributed by atoms with Gasteiger partial charge in [0.15, 0.2) is 0 Å². The number of halogens is 1. The summed E-state index contributed by atoms with van der Waals surface area (Å²) in [7, 11) is 0. The molecule has 0 aliphatic heterocycles. The van der Waals surface area contributed by atoms with Crippen LogP contribution in [0.3, 0.4) is 0 Å². The zero-order valence-electron chi connectivity index (χ0n) is 12.4. The van der Waals surface area contributed by atoms with E-state index < -0.39 is 0 Å². The molecule has 0 bridgehead atoms. The summed E-state index contributed by atoms with van der Waals surface area (Å²) < 4.78 is 2.23. The van der Waals surface area contributed by atoms with Gasteiger partial charge in [-0.3, -0.25) is 0 Å². The largest absolute Gasteiger partial charge is 0.326 e. The highest BCUT2D eigenvalue weighted by molar-refractivity contribution is 7.09. The molecule has 5 heteroatoms. The summed E-state index contributed by atoms with van der Waals surface area (Å²) in [5, 5.41) is 3.14. The highest BCUT2D eigenvalue weighted by Crippen LogP contribution is 2.25. The van der Waals surface area contributed by atoms with Crippen molar-refractivity contribution in [3.63, 3.8) is 0 Å². The molecule has 110 valence electrons. The van der Waals surface area contributed by atoms with Crippen LogP contribution in [0.25, 0.3) is 11.0 Å². The van der Waals surface area contributed by atoms with E-state index in [-0.39, 0.29) is 5.38 Å². The lowest BCUT2D eigenvalue weighted by Crippen LogP contribution is -2.07. The Morgan fingerprint density at radius 3 is 2.76 bits per heavy atom. The van der Waals surface area contributed by atoms with E-state index in [9.17, 15) is 0 Å². The molecule has 2 aromatic heterocycles. The van der Waals surface area contributed by atoms with Gasteiger partial charge in [-0.1, -0.05) is 6.07 Å². The Kier molecular flexibility index (Phi) is 4.00. The first-order valence-corrected chi connectivity index (χ1v) is 8.38. The molecule has 0 amide bonds. The molecule has 2 heterocycles. The lowest BCUT2D eigenvalue weighted by Gasteiger charge is -2.10. The molecule has 1 aromatic carbocycles. The molecule has 3 rings (SSSR count). The van der Waals surface area contributed by atoms with Crippen molar-refractivity contribution >= 4 is 34.0 Å². The zero-order valence-corrected chi connectivity index (χ0v) is 14.0. The third-order valence-electron chi connectivity index (χ3n) is 3.55. The summed E-state index contributed by atoms with van der Waals surface area (Å²) in [5.41, 5.74) is 4.55. The second-order valence-corrected chi connectivity index (χ2v) is 7.05. The zero-order chi connectivity index (χ0) is 15.0. The van der Waals surface area contributed by atoms with Crippen LogP contribution in [-0.2, 0) is 13.0 Å². The Hall–Kier alpha value is -1.39. The fourth-order valence-electron chi connectivity index (χ4n) is 2.54. The molecule has 0 radical (unpaired) electrons. The van der Waals surface area contributed by atoms with Gasteiger partial charge in [0, 0.05) is 18.3 Å². The standard InChI is InChI=1S/C16H18ClN3S/c1-10-4-5-14-15(8-10)20(16(19-14)11(2)17)7-6-13-9-21-12(3)18-13/h4-5,8-9,11H,6-7H2,1-3H3. The number of rotatable bonds is 4. The number of aromatic nitrogens is 3. The summed E-state index contributed by atoms with van der Waals surface area (Å²) in [6.07, 6.45) is 0.903. The first-order chi connectivity index (χ1) is 10.0. The predicted octanol–water partition coefficient (Wildman–Crippen LogP) is 4.65. The first kappa shape index (κ1) is 14.5. The summed E-state index contributed by atoms with van der Waals surface area (Å²) in [5.74, 6) is 0.934. The average Bonchev–Trinajstić information content (AvgIpc) is 3.00. The van der Waals surface area contributed by atoms with Crippen LogP contribution >= 0.6 is 22.9 Å². The van der Waals surface area contributed by atoms with Gasteiger partial charge < -0.3 is 4.57 Å². The molecule has 21 heavy (non-hydrogen) atoms. The number of aryl methyl sites for hydroxylation is 4. The SMILES string of the molecule is Cc1ccc2nc(C(C)Cl)n(CCc3csc(C)n3)c2c1. The van der Waals surface area contributed by atoms with Crippen LogP contribution in [0.5, 0.6) is 0 Å². The van der Waals surface area contributed by atoms with Gasteiger partial charge in [-0.2, -0.15) is 0 Å². The summed E-state index contributed by atoms with van der Waals surface area (Å²) in [4.78, 5) is 9.22. The van der Waals surface area contributed by atoms with Gasteiger partial charge in [0.25, 0.3) is 0 Å². The second-order valence-electron chi connectivity index (χ2n) is 5.34. The van der Waals surface area contributed by atoms with Crippen LogP contribution in [0.4, 0.5) is 0 Å². The summed E-state index contributed by atoms with van der Waals surface area (Å²) in [6.45, 7) is 6.97. The lowest BCUT2D eigenvalue weighted by molar-refractivity contribution is 0.661. The van der Waals surface area contributed by atoms with Crippen molar-refractivity contribution in [2.45, 2.75) is 39.1 Å². The quantitative estimate of drug-likeness (QED) is 0.655. The number of hydrogen-bond donors (Lipinski definition) is 0. The van der Waals surface area contributed by atoms with Gasteiger partial charge in [-0.25, -0.2) is 9.97 Å². The van der Waals surface area contributed by atoms with E-state index in [2.05, 4.69) is 45.0 Å². The van der Waals surface area contributed by atoms with Gasteiger partial charge in [-0.05, 0) is 38.5 Å². The molecule has 0 aliphatic carbocycles. The van der Waals surface area contributed by atoms with Crippen molar-refractivity contribution < 1.29 is 0 Å². The van der Waals surface area contributed by atoms with Crippen LogP contribution in [0.1, 0.15) is 34.4 Å².